The van der Waals surface area contributed by atoms with Crippen molar-refractivity contribution in [2.24, 2.45) is 0 Å². The van der Waals surface area contributed by atoms with Gasteiger partial charge in [0.25, 0.3) is 0 Å². The highest BCUT2D eigenvalue weighted by atomic mass is 32.1. The molecule has 126 valence electrons. The maximum Gasteiger partial charge on any atom is 0.358 e. The number of aryl methyl sites for hydroxylation is 3. The Hall–Kier alpha value is -1.66. The molecule has 0 saturated heterocycles. The van der Waals surface area contributed by atoms with Crippen LogP contribution in [0.1, 0.15) is 52.2 Å². The number of furan rings is 1. The molecule has 0 aliphatic heterocycles. The van der Waals surface area contributed by atoms with E-state index >= 15 is 0 Å². The molecule has 0 radical (unpaired) electrons. The number of nitrogens with zero attached hydrogens (tertiary/aromatic N) is 1. The molecule has 6 heteroatoms. The molecule has 0 aliphatic rings. The molecule has 2 rings (SSSR count). The highest BCUT2D eigenvalue weighted by Gasteiger charge is 2.15. The number of hydrogen-bond acceptors (Lipinski definition) is 6. The van der Waals surface area contributed by atoms with Gasteiger partial charge in [-0.15, -0.1) is 11.3 Å². The number of aromatic nitrogens is 1. The summed E-state index contributed by atoms with van der Waals surface area (Å²) in [5.74, 6) is 1.74. The second-order valence-corrected chi connectivity index (χ2v) is 6.52. The number of carbonyl (C=O) groups excluding carboxylic acids is 1. The molecule has 5 nitrogen and oxygen atoms in total. The molecule has 1 N–H and O–H groups in total. The number of esters is 1. The second-order valence-electron chi connectivity index (χ2n) is 5.23. The van der Waals surface area contributed by atoms with E-state index in [1.165, 1.54) is 11.3 Å². The van der Waals surface area contributed by atoms with Crippen LogP contribution in [-0.4, -0.2) is 24.1 Å². The molecular weight excluding hydrogens is 312 g/mol. The largest absolute Gasteiger partial charge is 0.466 e. The highest BCUT2D eigenvalue weighted by Crippen LogP contribution is 2.18. The number of ether oxygens (including phenoxy) is 1. The standard InChI is InChI=1S/C17H24N2O3S/c1-4-13-8-9-14(22-13)7-6-10-18-11-15-19-16(12(3)23-15)17(20)21-5-2/h8-9,18H,4-7,10-11H2,1-3H3. The fourth-order valence-electron chi connectivity index (χ4n) is 2.25. The zero-order chi connectivity index (χ0) is 16.7. The van der Waals surface area contributed by atoms with E-state index in [0.29, 0.717) is 18.8 Å². The van der Waals surface area contributed by atoms with E-state index in [4.69, 9.17) is 9.15 Å². The normalized spacial score (nSPS) is 10.9. The summed E-state index contributed by atoms with van der Waals surface area (Å²) in [6, 6.07) is 4.09. The van der Waals surface area contributed by atoms with Gasteiger partial charge >= 0.3 is 5.97 Å². The Balaban J connectivity index is 1.72. The summed E-state index contributed by atoms with van der Waals surface area (Å²) in [5.41, 5.74) is 0.441. The Morgan fingerprint density at radius 3 is 2.83 bits per heavy atom. The molecule has 0 amide bonds. The van der Waals surface area contributed by atoms with Gasteiger partial charge < -0.3 is 14.5 Å². The lowest BCUT2D eigenvalue weighted by Gasteiger charge is -2.01. The molecule has 0 aliphatic carbocycles. The van der Waals surface area contributed by atoms with Gasteiger partial charge in [-0.25, -0.2) is 9.78 Å². The maximum atomic E-state index is 11.7. The minimum Gasteiger partial charge on any atom is -0.466 e. The predicted octanol–water partition coefficient (Wildman–Crippen LogP) is 3.51. The van der Waals surface area contributed by atoms with E-state index in [1.54, 1.807) is 6.92 Å². The lowest BCUT2D eigenvalue weighted by atomic mass is 10.2. The van der Waals surface area contributed by atoms with Gasteiger partial charge in [0.15, 0.2) is 5.69 Å². The van der Waals surface area contributed by atoms with Crippen LogP contribution in [0.5, 0.6) is 0 Å². The van der Waals surface area contributed by atoms with Gasteiger partial charge in [0.2, 0.25) is 0 Å². The molecular formula is C17H24N2O3S. The summed E-state index contributed by atoms with van der Waals surface area (Å²) >= 11 is 1.54. The Kier molecular flexibility index (Phi) is 6.80. The van der Waals surface area contributed by atoms with E-state index in [-0.39, 0.29) is 5.97 Å². The van der Waals surface area contributed by atoms with Crippen LogP contribution >= 0.6 is 11.3 Å². The van der Waals surface area contributed by atoms with Crippen LogP contribution in [0.25, 0.3) is 0 Å². The van der Waals surface area contributed by atoms with Crippen LogP contribution in [0.4, 0.5) is 0 Å². The third-order valence-corrected chi connectivity index (χ3v) is 4.40. The Morgan fingerprint density at radius 2 is 2.13 bits per heavy atom. The lowest BCUT2D eigenvalue weighted by Crippen LogP contribution is -2.15. The van der Waals surface area contributed by atoms with Crippen molar-refractivity contribution >= 4 is 17.3 Å². The number of nitrogens with one attached hydrogen (secondary N) is 1. The first-order valence-electron chi connectivity index (χ1n) is 8.05. The number of rotatable bonds is 9. The molecule has 0 atom stereocenters. The third-order valence-electron chi connectivity index (χ3n) is 3.43. The first-order valence-corrected chi connectivity index (χ1v) is 8.87. The van der Waals surface area contributed by atoms with E-state index in [9.17, 15) is 4.79 Å². The summed E-state index contributed by atoms with van der Waals surface area (Å²) in [6.07, 6.45) is 2.87. The smallest absolute Gasteiger partial charge is 0.358 e. The first-order chi connectivity index (χ1) is 11.1. The van der Waals surface area contributed by atoms with Crippen LogP contribution in [0.2, 0.25) is 0 Å². The van der Waals surface area contributed by atoms with Crippen molar-refractivity contribution in [3.8, 4) is 0 Å². The average molecular weight is 336 g/mol. The van der Waals surface area contributed by atoms with Gasteiger partial charge in [-0.2, -0.15) is 0 Å². The van der Waals surface area contributed by atoms with E-state index in [2.05, 4.69) is 23.3 Å². The molecule has 23 heavy (non-hydrogen) atoms. The molecule has 2 aromatic rings. The fourth-order valence-corrected chi connectivity index (χ4v) is 3.14. The van der Waals surface area contributed by atoms with Crippen LogP contribution in [0.15, 0.2) is 16.5 Å². The van der Waals surface area contributed by atoms with Crippen LogP contribution in [0, 0.1) is 6.92 Å². The topological polar surface area (TPSA) is 64.4 Å². The van der Waals surface area contributed by atoms with Gasteiger partial charge in [-0.05, 0) is 38.9 Å². The molecule has 0 saturated carbocycles. The second kappa shape index (κ2) is 8.84. The highest BCUT2D eigenvalue weighted by molar-refractivity contribution is 7.11. The first kappa shape index (κ1) is 17.7. The molecule has 0 aromatic carbocycles. The minimum atomic E-state index is -0.336. The van der Waals surface area contributed by atoms with Crippen molar-refractivity contribution in [1.82, 2.24) is 10.3 Å². The number of hydrogen-bond donors (Lipinski definition) is 1. The lowest BCUT2D eigenvalue weighted by molar-refractivity contribution is 0.0519. The molecule has 0 spiro atoms. The monoisotopic (exact) mass is 336 g/mol. The van der Waals surface area contributed by atoms with Gasteiger partial charge in [0.05, 0.1) is 6.61 Å². The van der Waals surface area contributed by atoms with Gasteiger partial charge in [-0.3, -0.25) is 0 Å². The van der Waals surface area contributed by atoms with Crippen LogP contribution in [-0.2, 0) is 24.1 Å². The Morgan fingerprint density at radius 1 is 1.35 bits per heavy atom. The van der Waals surface area contributed by atoms with Gasteiger partial charge in [0, 0.05) is 24.3 Å². The maximum absolute atomic E-state index is 11.7. The zero-order valence-electron chi connectivity index (χ0n) is 14.0. The Bertz CT molecular complexity index is 634. The van der Waals surface area contributed by atoms with E-state index in [1.807, 2.05) is 13.0 Å². The summed E-state index contributed by atoms with van der Waals surface area (Å²) in [5, 5.41) is 4.27. The van der Waals surface area contributed by atoms with Crippen LogP contribution < -0.4 is 5.32 Å². The number of thiazole rings is 1. The molecule has 2 aromatic heterocycles. The van der Waals surface area contributed by atoms with E-state index in [0.717, 1.165) is 47.2 Å². The summed E-state index contributed by atoms with van der Waals surface area (Å²) < 4.78 is 10.7. The third kappa shape index (κ3) is 5.18. The molecule has 2 heterocycles. The fraction of sp³-hybridized carbons (Fsp3) is 0.529. The summed E-state index contributed by atoms with van der Waals surface area (Å²) in [4.78, 5) is 17.0. The van der Waals surface area contributed by atoms with Crippen molar-refractivity contribution in [1.29, 1.82) is 0 Å². The predicted molar refractivity (Wildman–Crippen MR) is 90.9 cm³/mol. The zero-order valence-corrected chi connectivity index (χ0v) is 14.8. The van der Waals surface area contributed by atoms with Crippen molar-refractivity contribution < 1.29 is 13.9 Å². The summed E-state index contributed by atoms with van der Waals surface area (Å²) in [7, 11) is 0. The van der Waals surface area contributed by atoms with Crippen molar-refractivity contribution in [2.75, 3.05) is 13.2 Å². The van der Waals surface area contributed by atoms with Gasteiger partial charge in [0.1, 0.15) is 16.5 Å². The summed E-state index contributed by atoms with van der Waals surface area (Å²) in [6.45, 7) is 7.71. The number of carbonyl (C=O) groups is 1. The van der Waals surface area contributed by atoms with Crippen molar-refractivity contribution in [3.05, 3.63) is 39.2 Å². The van der Waals surface area contributed by atoms with Crippen LogP contribution in [0.3, 0.4) is 0 Å². The Labute approximate surface area is 141 Å². The molecule has 0 bridgehead atoms. The van der Waals surface area contributed by atoms with Crippen molar-refractivity contribution in [2.45, 2.75) is 46.6 Å². The minimum absolute atomic E-state index is 0.336. The SMILES string of the molecule is CCOC(=O)c1nc(CNCCCc2ccc(CC)o2)sc1C. The van der Waals surface area contributed by atoms with Gasteiger partial charge in [-0.1, -0.05) is 6.92 Å². The average Bonchev–Trinajstić information content (AvgIpc) is 3.13. The quantitative estimate of drug-likeness (QED) is 0.561. The molecule has 0 unspecified atom stereocenters. The van der Waals surface area contributed by atoms with E-state index < -0.39 is 0 Å². The molecule has 0 fully saturated rings. The van der Waals surface area contributed by atoms with Crippen molar-refractivity contribution in [3.63, 3.8) is 0 Å².